The van der Waals surface area contributed by atoms with Gasteiger partial charge in [-0.05, 0) is 82.3 Å². The molecule has 1 aliphatic rings. The zero-order valence-corrected chi connectivity index (χ0v) is 29.2. The molecule has 10 rings (SSSR count). The van der Waals surface area contributed by atoms with Gasteiger partial charge in [-0.2, -0.15) is 0 Å². The minimum Gasteiger partial charge on any atom is -0.309 e. The van der Waals surface area contributed by atoms with Gasteiger partial charge in [-0.1, -0.05) is 152 Å². The number of allylic oxidation sites excluding steroid dienone is 4. The lowest BCUT2D eigenvalue weighted by Gasteiger charge is -2.13. The van der Waals surface area contributed by atoms with E-state index in [4.69, 9.17) is 9.97 Å². The third-order valence-corrected chi connectivity index (χ3v) is 10.5. The van der Waals surface area contributed by atoms with Crippen molar-refractivity contribution in [1.29, 1.82) is 0 Å². The number of benzene rings is 7. The highest BCUT2D eigenvalue weighted by Gasteiger charge is 2.14. The third-order valence-electron chi connectivity index (χ3n) is 10.5. The molecule has 0 radical (unpaired) electrons. The number of hydrogen-bond donors (Lipinski definition) is 0. The van der Waals surface area contributed by atoms with E-state index in [1.807, 2.05) is 6.07 Å². The average Bonchev–Trinajstić information content (AvgIpc) is 3.58. The molecule has 0 amide bonds. The van der Waals surface area contributed by atoms with Crippen LogP contribution in [0, 0.1) is 0 Å². The highest BCUT2D eigenvalue weighted by Crippen LogP contribution is 2.36. The molecule has 2 aromatic heterocycles. The molecule has 0 saturated carbocycles. The Morgan fingerprint density at radius 3 is 1.75 bits per heavy atom. The molecule has 1 aliphatic carbocycles. The highest BCUT2D eigenvalue weighted by atomic mass is 15.0. The summed E-state index contributed by atoms with van der Waals surface area (Å²) in [6.45, 7) is 0. The van der Waals surface area contributed by atoms with Crippen LogP contribution in [-0.2, 0) is 0 Å². The quantitative estimate of drug-likeness (QED) is 0.175. The van der Waals surface area contributed by atoms with Crippen LogP contribution in [0.5, 0.6) is 0 Å². The maximum absolute atomic E-state index is 5.07. The Balaban J connectivity index is 0.998. The molecule has 0 N–H and O–H groups in total. The van der Waals surface area contributed by atoms with Gasteiger partial charge in [-0.3, -0.25) is 0 Å². The third kappa shape index (κ3) is 5.64. The van der Waals surface area contributed by atoms with Gasteiger partial charge in [-0.25, -0.2) is 9.97 Å². The maximum atomic E-state index is 5.07. The normalized spacial score (nSPS) is 12.8. The van der Waals surface area contributed by atoms with Crippen LogP contribution in [0.4, 0.5) is 0 Å². The number of para-hydroxylation sites is 2. The van der Waals surface area contributed by atoms with Gasteiger partial charge in [0.25, 0.3) is 0 Å². The molecule has 0 fully saturated rings. The molecule has 0 aliphatic heterocycles. The van der Waals surface area contributed by atoms with Crippen molar-refractivity contribution in [2.24, 2.45) is 0 Å². The maximum Gasteiger partial charge on any atom is 0.160 e. The van der Waals surface area contributed by atoms with E-state index in [0.717, 1.165) is 52.4 Å². The van der Waals surface area contributed by atoms with Crippen molar-refractivity contribution >= 4 is 38.2 Å². The Labute approximate surface area is 308 Å². The first kappa shape index (κ1) is 30.9. The van der Waals surface area contributed by atoms with E-state index in [9.17, 15) is 0 Å². The van der Waals surface area contributed by atoms with Crippen LogP contribution >= 0.6 is 0 Å². The van der Waals surface area contributed by atoms with Gasteiger partial charge in [0.2, 0.25) is 0 Å². The lowest BCUT2D eigenvalue weighted by atomic mass is 9.94. The summed E-state index contributed by atoms with van der Waals surface area (Å²) in [5.74, 6) is 0.769. The van der Waals surface area contributed by atoms with E-state index >= 15 is 0 Å². The lowest BCUT2D eigenvalue weighted by molar-refractivity contribution is 1.03. The van der Waals surface area contributed by atoms with Crippen molar-refractivity contribution in [3.05, 3.63) is 194 Å². The van der Waals surface area contributed by atoms with Crippen molar-refractivity contribution in [3.63, 3.8) is 0 Å². The Morgan fingerprint density at radius 2 is 1.06 bits per heavy atom. The summed E-state index contributed by atoms with van der Waals surface area (Å²) in [5.41, 5.74) is 13.5. The molecule has 53 heavy (non-hydrogen) atoms. The molecular formula is C50H35N3. The Kier molecular flexibility index (Phi) is 7.62. The summed E-state index contributed by atoms with van der Waals surface area (Å²) >= 11 is 0. The second-order valence-corrected chi connectivity index (χ2v) is 13.7. The van der Waals surface area contributed by atoms with Crippen molar-refractivity contribution < 1.29 is 0 Å². The highest BCUT2D eigenvalue weighted by molar-refractivity contribution is 6.09. The smallest absolute Gasteiger partial charge is 0.160 e. The molecule has 0 unspecified atom stereocenters. The summed E-state index contributed by atoms with van der Waals surface area (Å²) < 4.78 is 2.37. The minimum atomic E-state index is 0.769. The van der Waals surface area contributed by atoms with Crippen molar-refractivity contribution in [3.8, 4) is 50.5 Å². The van der Waals surface area contributed by atoms with Gasteiger partial charge >= 0.3 is 0 Å². The van der Waals surface area contributed by atoms with E-state index in [2.05, 4.69) is 187 Å². The van der Waals surface area contributed by atoms with Crippen LogP contribution in [0.15, 0.2) is 188 Å². The molecule has 3 nitrogen and oxygen atoms in total. The van der Waals surface area contributed by atoms with Crippen LogP contribution in [0.2, 0.25) is 0 Å². The fourth-order valence-electron chi connectivity index (χ4n) is 7.79. The fourth-order valence-corrected chi connectivity index (χ4v) is 7.79. The van der Waals surface area contributed by atoms with Crippen LogP contribution in [-0.4, -0.2) is 14.5 Å². The van der Waals surface area contributed by atoms with E-state index < -0.39 is 0 Å². The molecule has 0 saturated heterocycles. The largest absolute Gasteiger partial charge is 0.309 e. The molecule has 0 atom stereocenters. The predicted octanol–water partition coefficient (Wildman–Crippen LogP) is 13.1. The van der Waals surface area contributed by atoms with E-state index in [1.165, 1.54) is 54.8 Å². The summed E-state index contributed by atoms with van der Waals surface area (Å²) in [6.07, 6.45) is 8.67. The SMILES string of the molecule is C1=CC(c2nc(-c3ccccc3)cc(-c3ccc(-c4cccc5ccc(-c6ccc(-n7c8ccccc8c8ccccc87)cc6)cc45)cc3)n2)=CCC1. The predicted molar refractivity (Wildman–Crippen MR) is 222 cm³/mol. The number of nitrogens with zero attached hydrogens (tertiary/aromatic N) is 3. The average molecular weight is 678 g/mol. The van der Waals surface area contributed by atoms with Crippen LogP contribution in [0.1, 0.15) is 18.7 Å². The van der Waals surface area contributed by atoms with Gasteiger partial charge in [-0.15, -0.1) is 0 Å². The molecular weight excluding hydrogens is 643 g/mol. The van der Waals surface area contributed by atoms with Gasteiger partial charge in [0, 0.05) is 33.2 Å². The standard InChI is InChI=1S/C50H35N3/c1-3-12-37(13-4-1)46-33-47(52-50(51-46)39-14-5-2-6-15-39)38-25-22-36(23-26-38)42-19-11-16-35-24-27-40(32-45(35)42)34-28-30-41(31-29-34)53-48-20-9-7-17-43(48)44-18-8-10-21-49(44)53/h1,3-5,7-33H,2,6H2. The number of aromatic nitrogens is 3. The van der Waals surface area contributed by atoms with Gasteiger partial charge in [0.05, 0.1) is 22.4 Å². The first-order valence-corrected chi connectivity index (χ1v) is 18.3. The zero-order valence-electron chi connectivity index (χ0n) is 29.2. The summed E-state index contributed by atoms with van der Waals surface area (Å²) in [7, 11) is 0. The van der Waals surface area contributed by atoms with Crippen LogP contribution in [0.25, 0.3) is 88.6 Å². The van der Waals surface area contributed by atoms with Gasteiger partial charge in [0.15, 0.2) is 5.82 Å². The van der Waals surface area contributed by atoms with E-state index in [1.54, 1.807) is 0 Å². The Morgan fingerprint density at radius 1 is 0.434 bits per heavy atom. The monoisotopic (exact) mass is 677 g/mol. The second kappa shape index (κ2) is 13.0. The Hall–Kier alpha value is -6.84. The van der Waals surface area contributed by atoms with Crippen molar-refractivity contribution in [2.75, 3.05) is 0 Å². The molecule has 250 valence electrons. The van der Waals surface area contributed by atoms with Crippen LogP contribution < -0.4 is 0 Å². The number of fused-ring (bicyclic) bond motifs is 4. The first-order chi connectivity index (χ1) is 26.3. The molecule has 7 aromatic carbocycles. The van der Waals surface area contributed by atoms with Crippen molar-refractivity contribution in [1.82, 2.24) is 14.5 Å². The van der Waals surface area contributed by atoms with Crippen LogP contribution in [0.3, 0.4) is 0 Å². The summed E-state index contributed by atoms with van der Waals surface area (Å²) in [5, 5.41) is 5.00. The minimum absolute atomic E-state index is 0.769. The second-order valence-electron chi connectivity index (χ2n) is 13.7. The molecule has 3 heteroatoms. The topological polar surface area (TPSA) is 30.7 Å². The molecule has 2 heterocycles. The fraction of sp³-hybridized carbons (Fsp3) is 0.0400. The number of hydrogen-bond acceptors (Lipinski definition) is 2. The molecule has 0 bridgehead atoms. The molecule has 0 spiro atoms. The lowest BCUT2D eigenvalue weighted by Crippen LogP contribution is -1.99. The van der Waals surface area contributed by atoms with Crippen molar-refractivity contribution in [2.45, 2.75) is 12.8 Å². The Bertz CT molecular complexity index is 2810. The molecule has 9 aromatic rings. The van der Waals surface area contributed by atoms with Gasteiger partial charge in [0.1, 0.15) is 0 Å². The zero-order chi connectivity index (χ0) is 35.1. The van der Waals surface area contributed by atoms with Gasteiger partial charge < -0.3 is 4.57 Å². The first-order valence-electron chi connectivity index (χ1n) is 18.3. The van der Waals surface area contributed by atoms with E-state index in [-0.39, 0.29) is 0 Å². The summed E-state index contributed by atoms with van der Waals surface area (Å²) in [4.78, 5) is 10.1. The number of rotatable bonds is 6. The van der Waals surface area contributed by atoms with E-state index in [0.29, 0.717) is 0 Å². The summed E-state index contributed by atoms with van der Waals surface area (Å²) in [6, 6.07) is 61.0.